The lowest BCUT2D eigenvalue weighted by Crippen LogP contribution is -2.50. The van der Waals surface area contributed by atoms with E-state index in [0.29, 0.717) is 0 Å². The van der Waals surface area contributed by atoms with E-state index in [2.05, 4.69) is 32.4 Å². The molecule has 0 aromatic rings. The summed E-state index contributed by atoms with van der Waals surface area (Å²) in [5.41, 5.74) is 0. The fraction of sp³-hybridized carbons (Fsp3) is 0.950. The highest BCUT2D eigenvalue weighted by Crippen LogP contribution is 2.16. The summed E-state index contributed by atoms with van der Waals surface area (Å²) in [7, 11) is 0. The highest BCUT2D eigenvalue weighted by Gasteiger charge is 2.24. The van der Waals surface area contributed by atoms with Gasteiger partial charge < -0.3 is 19.1 Å². The molecule has 0 fully saturated rings. The van der Waals surface area contributed by atoms with E-state index in [4.69, 9.17) is 0 Å². The zero-order valence-electron chi connectivity index (χ0n) is 17.2. The number of rotatable bonds is 13. The molecule has 0 heterocycles. The number of carboxylic acid groups (broad SMARTS) is 1. The molecule has 0 aliphatic carbocycles. The minimum atomic E-state index is -1.46. The second-order valence-corrected chi connectivity index (χ2v) is 7.07. The monoisotopic (exact) mass is 345 g/mol. The molecule has 24 heavy (non-hydrogen) atoms. The quantitative estimate of drug-likeness (QED) is 0.357. The van der Waals surface area contributed by atoms with Crippen molar-refractivity contribution in [1.82, 2.24) is 0 Å². The molecule has 0 saturated heterocycles. The third kappa shape index (κ3) is 16.1. The lowest BCUT2D eigenvalue weighted by Gasteiger charge is -2.39. The Bertz CT molecular complexity index is 243. The van der Waals surface area contributed by atoms with Crippen LogP contribution in [-0.4, -0.2) is 42.9 Å². The van der Waals surface area contributed by atoms with Gasteiger partial charge >= 0.3 is 0 Å². The Morgan fingerprint density at radius 3 is 1.21 bits per heavy atom. The molecule has 4 nitrogen and oxygen atoms in total. The first-order valence-corrected chi connectivity index (χ1v) is 10.1. The van der Waals surface area contributed by atoms with Gasteiger partial charge in [0.2, 0.25) is 0 Å². The second-order valence-electron chi connectivity index (χ2n) is 7.07. The van der Waals surface area contributed by atoms with Crippen LogP contribution in [0.3, 0.4) is 0 Å². The lowest BCUT2D eigenvalue weighted by atomic mass is 10.1. The van der Waals surface area contributed by atoms with Crippen LogP contribution >= 0.6 is 0 Å². The summed E-state index contributed by atoms with van der Waals surface area (Å²) < 4.78 is 5.48. The number of carbonyl (C=O) groups is 1. The number of carbonyl (C=O) groups excluding carboxylic acids is 1. The van der Waals surface area contributed by atoms with E-state index < -0.39 is 6.16 Å². The first kappa shape index (κ1) is 25.5. The van der Waals surface area contributed by atoms with Gasteiger partial charge in [-0.2, -0.15) is 0 Å². The molecule has 0 aliphatic heterocycles. The van der Waals surface area contributed by atoms with Gasteiger partial charge in [-0.3, -0.25) is 0 Å². The summed E-state index contributed by atoms with van der Waals surface area (Å²) in [5, 5.41) is 9.48. The van der Waals surface area contributed by atoms with Crippen molar-refractivity contribution < 1.29 is 19.1 Å². The van der Waals surface area contributed by atoms with Gasteiger partial charge in [-0.1, -0.05) is 53.4 Å². The summed E-state index contributed by atoms with van der Waals surface area (Å²) in [6.07, 6.45) is 9.31. The Hall–Kier alpha value is -0.770. The number of ether oxygens (including phenoxy) is 1. The zero-order valence-corrected chi connectivity index (χ0v) is 17.2. The molecule has 0 unspecified atom stereocenters. The topological polar surface area (TPSA) is 49.4 Å². The van der Waals surface area contributed by atoms with Crippen molar-refractivity contribution in [2.75, 3.05) is 26.2 Å². The molecular weight excluding hydrogens is 302 g/mol. The predicted octanol–water partition coefficient (Wildman–Crippen LogP) is 4.76. The summed E-state index contributed by atoms with van der Waals surface area (Å²) in [6.45, 7) is 18.3. The maximum Gasteiger partial charge on any atom is 0.252 e. The van der Waals surface area contributed by atoms with Gasteiger partial charge in [0.25, 0.3) is 6.16 Å². The Morgan fingerprint density at radius 2 is 1.08 bits per heavy atom. The molecule has 0 saturated carbocycles. The van der Waals surface area contributed by atoms with Gasteiger partial charge in [-0.15, -0.1) is 0 Å². The van der Waals surface area contributed by atoms with E-state index in [-0.39, 0.29) is 6.10 Å². The van der Waals surface area contributed by atoms with Crippen LogP contribution in [0.2, 0.25) is 0 Å². The van der Waals surface area contributed by atoms with Gasteiger partial charge in [0, 0.05) is 6.10 Å². The van der Waals surface area contributed by atoms with Crippen molar-refractivity contribution in [2.24, 2.45) is 0 Å². The summed E-state index contributed by atoms with van der Waals surface area (Å²) in [4.78, 5) is 9.48. The van der Waals surface area contributed by atoms with Crippen LogP contribution in [0.25, 0.3) is 0 Å². The number of unbranched alkanes of at least 4 members (excludes halogenated alkanes) is 4. The summed E-state index contributed by atoms with van der Waals surface area (Å²) in [5.74, 6) is 0. The maximum absolute atomic E-state index is 9.48. The van der Waals surface area contributed by atoms with Crippen molar-refractivity contribution in [3.63, 3.8) is 0 Å². The lowest BCUT2D eigenvalue weighted by molar-refractivity contribution is -0.929. The van der Waals surface area contributed by atoms with E-state index in [1.54, 1.807) is 13.8 Å². The molecule has 0 aliphatic rings. The van der Waals surface area contributed by atoms with Crippen molar-refractivity contribution in [2.45, 2.75) is 99.0 Å². The second kappa shape index (κ2) is 17.1. The molecule has 0 amide bonds. The van der Waals surface area contributed by atoms with Crippen LogP contribution in [0.4, 0.5) is 4.79 Å². The molecule has 4 heteroatoms. The predicted molar refractivity (Wildman–Crippen MR) is 101 cm³/mol. The van der Waals surface area contributed by atoms with Crippen LogP contribution in [0.15, 0.2) is 0 Å². The van der Waals surface area contributed by atoms with E-state index in [9.17, 15) is 9.90 Å². The third-order valence-electron chi connectivity index (χ3n) is 4.28. The Morgan fingerprint density at radius 1 is 0.792 bits per heavy atom. The standard InChI is InChI=1S/C16H36N.C4H8O3/c1-5-9-13-17(14-10-6-2,15-11-7-3)16-12-8-4;1-3(2)7-4(5)6/h5-16H2,1-4H3;3H,1-2H3,(H,5,6)/q+1;/p-1. The normalized spacial score (nSPS) is 11.1. The highest BCUT2D eigenvalue weighted by atomic mass is 16.7. The summed E-state index contributed by atoms with van der Waals surface area (Å²) in [6, 6.07) is 0. The molecular formula is C20H43NO3. The fourth-order valence-electron chi connectivity index (χ4n) is 2.84. The molecule has 0 bridgehead atoms. The smallest absolute Gasteiger partial charge is 0.252 e. The Labute approximate surface area is 151 Å². The molecule has 0 N–H and O–H groups in total. The van der Waals surface area contributed by atoms with Gasteiger partial charge in [0.1, 0.15) is 0 Å². The van der Waals surface area contributed by atoms with Gasteiger partial charge in [-0.05, 0) is 39.5 Å². The molecule has 0 atom stereocenters. The average molecular weight is 346 g/mol. The molecule has 0 rings (SSSR count). The first-order chi connectivity index (χ1) is 11.4. The van der Waals surface area contributed by atoms with Crippen LogP contribution in [0, 0.1) is 0 Å². The molecule has 0 aromatic heterocycles. The molecule has 0 aromatic carbocycles. The van der Waals surface area contributed by atoms with Crippen molar-refractivity contribution in [3.8, 4) is 0 Å². The van der Waals surface area contributed by atoms with E-state index in [1.807, 2.05) is 0 Å². The Kier molecular flexibility index (Phi) is 18.1. The zero-order chi connectivity index (χ0) is 18.8. The van der Waals surface area contributed by atoms with E-state index >= 15 is 0 Å². The van der Waals surface area contributed by atoms with E-state index in [1.165, 1.54) is 82.0 Å². The minimum Gasteiger partial charge on any atom is -0.547 e. The largest absolute Gasteiger partial charge is 0.547 e. The SMILES string of the molecule is CC(C)OC(=O)[O-].CCCC[N+](CCCC)(CCCC)CCCC. The molecule has 146 valence electrons. The van der Waals surface area contributed by atoms with Crippen molar-refractivity contribution >= 4 is 6.16 Å². The van der Waals surface area contributed by atoms with Gasteiger partial charge in [0.15, 0.2) is 0 Å². The highest BCUT2D eigenvalue weighted by molar-refractivity contribution is 5.54. The third-order valence-corrected chi connectivity index (χ3v) is 4.28. The number of hydrogen-bond acceptors (Lipinski definition) is 3. The number of hydrogen-bond donors (Lipinski definition) is 0. The van der Waals surface area contributed by atoms with Crippen molar-refractivity contribution in [3.05, 3.63) is 0 Å². The van der Waals surface area contributed by atoms with Crippen LogP contribution in [0.5, 0.6) is 0 Å². The van der Waals surface area contributed by atoms with Crippen LogP contribution in [-0.2, 0) is 4.74 Å². The molecule has 0 radical (unpaired) electrons. The summed E-state index contributed by atoms with van der Waals surface area (Å²) >= 11 is 0. The number of nitrogens with zero attached hydrogens (tertiary/aromatic N) is 1. The fourth-order valence-corrected chi connectivity index (χ4v) is 2.84. The van der Waals surface area contributed by atoms with E-state index in [0.717, 1.165) is 0 Å². The van der Waals surface area contributed by atoms with Crippen molar-refractivity contribution in [1.29, 1.82) is 0 Å². The van der Waals surface area contributed by atoms with Gasteiger partial charge in [0.05, 0.1) is 26.2 Å². The maximum atomic E-state index is 9.48. The molecule has 0 spiro atoms. The minimum absolute atomic E-state index is 0.287. The Balaban J connectivity index is 0. The van der Waals surface area contributed by atoms with Gasteiger partial charge in [-0.25, -0.2) is 0 Å². The average Bonchev–Trinajstić information content (AvgIpc) is 2.53. The van der Waals surface area contributed by atoms with Crippen LogP contribution < -0.4 is 5.11 Å². The first-order valence-electron chi connectivity index (χ1n) is 10.1. The van der Waals surface area contributed by atoms with Crippen LogP contribution in [0.1, 0.15) is 92.9 Å². The number of quaternary nitrogens is 1.